The minimum Gasteiger partial charge on any atom is -0.381 e. The van der Waals surface area contributed by atoms with Crippen LogP contribution >= 0.6 is 0 Å². The van der Waals surface area contributed by atoms with Gasteiger partial charge in [-0.15, -0.1) is 0 Å². The molecule has 0 unspecified atom stereocenters. The molecular formula is C19H27N3O2. The summed E-state index contributed by atoms with van der Waals surface area (Å²) in [6, 6.07) is 12.5. The van der Waals surface area contributed by atoms with Gasteiger partial charge in [0.1, 0.15) is 5.41 Å². The van der Waals surface area contributed by atoms with Gasteiger partial charge >= 0.3 is 0 Å². The van der Waals surface area contributed by atoms with E-state index >= 15 is 0 Å². The summed E-state index contributed by atoms with van der Waals surface area (Å²) in [5.74, 6) is -0.231. The lowest BCUT2D eigenvalue weighted by Gasteiger charge is -2.41. The fourth-order valence-corrected chi connectivity index (χ4v) is 2.94. The first-order valence-electron chi connectivity index (χ1n) is 8.48. The highest BCUT2D eigenvalue weighted by Gasteiger charge is 2.36. The third kappa shape index (κ3) is 4.56. The van der Waals surface area contributed by atoms with E-state index in [1.807, 2.05) is 18.2 Å². The summed E-state index contributed by atoms with van der Waals surface area (Å²) >= 11 is 0. The fraction of sp³-hybridized carbons (Fsp3) is 0.579. The number of hydrogen-bond donors (Lipinski definition) is 2. The van der Waals surface area contributed by atoms with Gasteiger partial charge in [-0.3, -0.25) is 4.79 Å². The summed E-state index contributed by atoms with van der Waals surface area (Å²) in [4.78, 5) is 12.2. The van der Waals surface area contributed by atoms with Crippen molar-refractivity contribution in [1.82, 2.24) is 10.6 Å². The SMILES string of the molecule is C[C@@H](NC1(CNC(=O)C(C)(C)C#N)CCOCC1)c1ccccc1. The van der Waals surface area contributed by atoms with Crippen molar-refractivity contribution in [3.8, 4) is 6.07 Å². The average Bonchev–Trinajstić information content (AvgIpc) is 2.61. The normalized spacial score (nSPS) is 18.4. The van der Waals surface area contributed by atoms with Gasteiger partial charge in [-0.1, -0.05) is 30.3 Å². The standard InChI is InChI=1S/C19H27N3O2/c1-15(16-7-5-4-6-8-16)22-19(9-11-24-12-10-19)14-21-17(23)18(2,3)13-20/h4-8,15,22H,9-12,14H2,1-3H3,(H,21,23)/t15-/m1/s1. The molecule has 0 saturated carbocycles. The Morgan fingerprint density at radius 3 is 2.54 bits per heavy atom. The molecule has 24 heavy (non-hydrogen) atoms. The Hall–Kier alpha value is -1.90. The maximum atomic E-state index is 12.2. The number of hydrogen-bond acceptors (Lipinski definition) is 4. The number of carbonyl (C=O) groups excluding carboxylic acids is 1. The van der Waals surface area contributed by atoms with Gasteiger partial charge in [0, 0.05) is 31.3 Å². The molecule has 1 aliphatic rings. The molecule has 130 valence electrons. The van der Waals surface area contributed by atoms with Crippen LogP contribution in [-0.2, 0) is 9.53 Å². The Balaban J connectivity index is 2.06. The first-order valence-corrected chi connectivity index (χ1v) is 8.48. The third-order valence-electron chi connectivity index (χ3n) is 4.71. The van der Waals surface area contributed by atoms with Crippen LogP contribution in [0.4, 0.5) is 0 Å². The van der Waals surface area contributed by atoms with Crippen LogP contribution in [-0.4, -0.2) is 31.2 Å². The van der Waals surface area contributed by atoms with Crippen LogP contribution in [0, 0.1) is 16.7 Å². The summed E-state index contributed by atoms with van der Waals surface area (Å²) < 4.78 is 5.50. The second-order valence-electron chi connectivity index (χ2n) is 7.09. The highest BCUT2D eigenvalue weighted by atomic mass is 16.5. The van der Waals surface area contributed by atoms with E-state index in [-0.39, 0.29) is 17.5 Å². The van der Waals surface area contributed by atoms with Crippen LogP contribution in [0.1, 0.15) is 45.2 Å². The van der Waals surface area contributed by atoms with Gasteiger partial charge < -0.3 is 15.4 Å². The highest BCUT2D eigenvalue weighted by Crippen LogP contribution is 2.25. The molecule has 2 N–H and O–H groups in total. The van der Waals surface area contributed by atoms with Crippen molar-refractivity contribution in [3.63, 3.8) is 0 Å². The van der Waals surface area contributed by atoms with E-state index in [0.717, 1.165) is 12.8 Å². The number of nitrogens with one attached hydrogen (secondary N) is 2. The summed E-state index contributed by atoms with van der Waals surface area (Å²) in [7, 11) is 0. The lowest BCUT2D eigenvalue weighted by atomic mass is 9.87. The van der Waals surface area contributed by atoms with Crippen molar-refractivity contribution in [3.05, 3.63) is 35.9 Å². The monoisotopic (exact) mass is 329 g/mol. The summed E-state index contributed by atoms with van der Waals surface area (Å²) in [5, 5.41) is 15.8. The van der Waals surface area contributed by atoms with E-state index in [2.05, 4.69) is 35.8 Å². The van der Waals surface area contributed by atoms with Gasteiger partial charge in [0.15, 0.2) is 0 Å². The maximum absolute atomic E-state index is 12.2. The Morgan fingerprint density at radius 2 is 1.96 bits per heavy atom. The van der Waals surface area contributed by atoms with Crippen LogP contribution in [0.2, 0.25) is 0 Å². The van der Waals surface area contributed by atoms with Crippen LogP contribution in [0.5, 0.6) is 0 Å². The van der Waals surface area contributed by atoms with Gasteiger partial charge in [0.05, 0.1) is 6.07 Å². The van der Waals surface area contributed by atoms with Gasteiger partial charge in [0.25, 0.3) is 0 Å². The zero-order valence-corrected chi connectivity index (χ0v) is 14.8. The molecule has 1 heterocycles. The predicted octanol–water partition coefficient (Wildman–Crippen LogP) is 2.55. The Labute approximate surface area is 144 Å². The molecule has 2 rings (SSSR count). The molecule has 1 aliphatic heterocycles. The van der Waals surface area contributed by atoms with E-state index in [9.17, 15) is 4.79 Å². The van der Waals surface area contributed by atoms with Crippen LogP contribution in [0.15, 0.2) is 30.3 Å². The first-order chi connectivity index (χ1) is 11.4. The number of benzene rings is 1. The zero-order valence-electron chi connectivity index (χ0n) is 14.8. The zero-order chi connectivity index (χ0) is 17.6. The van der Waals surface area contributed by atoms with Crippen molar-refractivity contribution in [2.75, 3.05) is 19.8 Å². The quantitative estimate of drug-likeness (QED) is 0.841. The van der Waals surface area contributed by atoms with Gasteiger partial charge in [0.2, 0.25) is 5.91 Å². The fourth-order valence-electron chi connectivity index (χ4n) is 2.94. The van der Waals surface area contributed by atoms with Crippen LogP contribution < -0.4 is 10.6 Å². The number of ether oxygens (including phenoxy) is 1. The molecule has 5 nitrogen and oxygen atoms in total. The molecule has 1 aromatic carbocycles. The maximum Gasteiger partial charge on any atom is 0.239 e. The Morgan fingerprint density at radius 1 is 1.33 bits per heavy atom. The molecule has 1 amide bonds. The van der Waals surface area contributed by atoms with Crippen LogP contribution in [0.3, 0.4) is 0 Å². The second-order valence-corrected chi connectivity index (χ2v) is 7.09. The van der Waals surface area contributed by atoms with Crippen molar-refractivity contribution in [2.24, 2.45) is 5.41 Å². The molecule has 5 heteroatoms. The van der Waals surface area contributed by atoms with Gasteiger partial charge in [-0.2, -0.15) is 5.26 Å². The molecule has 1 aromatic rings. The Bertz CT molecular complexity index is 586. The third-order valence-corrected chi connectivity index (χ3v) is 4.71. The summed E-state index contributed by atoms with van der Waals surface area (Å²) in [6.45, 7) is 7.25. The number of nitriles is 1. The number of rotatable bonds is 6. The predicted molar refractivity (Wildman–Crippen MR) is 93.2 cm³/mol. The van der Waals surface area contributed by atoms with Crippen LogP contribution in [0.25, 0.3) is 0 Å². The second kappa shape index (κ2) is 7.78. The molecular weight excluding hydrogens is 302 g/mol. The Kier molecular flexibility index (Phi) is 5.98. The van der Waals surface area contributed by atoms with E-state index < -0.39 is 5.41 Å². The molecule has 0 aromatic heterocycles. The molecule has 1 saturated heterocycles. The first kappa shape index (κ1) is 18.4. The van der Waals surface area contributed by atoms with E-state index in [1.54, 1.807) is 13.8 Å². The van der Waals surface area contributed by atoms with E-state index in [0.29, 0.717) is 19.8 Å². The minimum absolute atomic E-state index is 0.171. The molecule has 0 radical (unpaired) electrons. The van der Waals surface area contributed by atoms with Gasteiger partial charge in [-0.25, -0.2) is 0 Å². The largest absolute Gasteiger partial charge is 0.381 e. The molecule has 1 atom stereocenters. The number of carbonyl (C=O) groups is 1. The molecule has 0 aliphatic carbocycles. The van der Waals surface area contributed by atoms with Gasteiger partial charge in [-0.05, 0) is 39.2 Å². The molecule has 0 spiro atoms. The van der Waals surface area contributed by atoms with Crippen molar-refractivity contribution in [1.29, 1.82) is 5.26 Å². The summed E-state index contributed by atoms with van der Waals surface area (Å²) in [5.41, 5.74) is -0.0152. The number of amides is 1. The molecule has 0 bridgehead atoms. The lowest BCUT2D eigenvalue weighted by Crippen LogP contribution is -2.58. The smallest absolute Gasteiger partial charge is 0.239 e. The van der Waals surface area contributed by atoms with Crippen molar-refractivity contribution < 1.29 is 9.53 Å². The lowest BCUT2D eigenvalue weighted by molar-refractivity contribution is -0.127. The topological polar surface area (TPSA) is 74.1 Å². The number of nitrogens with zero attached hydrogens (tertiary/aromatic N) is 1. The van der Waals surface area contributed by atoms with E-state index in [4.69, 9.17) is 10.00 Å². The summed E-state index contributed by atoms with van der Waals surface area (Å²) in [6.07, 6.45) is 1.66. The highest BCUT2D eigenvalue weighted by molar-refractivity contribution is 5.84. The minimum atomic E-state index is -1.02. The average molecular weight is 329 g/mol. The van der Waals surface area contributed by atoms with Crippen molar-refractivity contribution in [2.45, 2.75) is 45.2 Å². The van der Waals surface area contributed by atoms with Crippen molar-refractivity contribution >= 4 is 5.91 Å². The van der Waals surface area contributed by atoms with E-state index in [1.165, 1.54) is 5.56 Å². The molecule has 1 fully saturated rings.